The summed E-state index contributed by atoms with van der Waals surface area (Å²) in [5.41, 5.74) is 2.07. The van der Waals surface area contributed by atoms with E-state index < -0.39 is 0 Å². The van der Waals surface area contributed by atoms with Crippen LogP contribution in [0.15, 0.2) is 23.4 Å². The first kappa shape index (κ1) is 7.08. The van der Waals surface area contributed by atoms with E-state index >= 15 is 0 Å². The zero-order chi connectivity index (χ0) is 7.56. The van der Waals surface area contributed by atoms with Gasteiger partial charge in [0, 0.05) is 0 Å². The summed E-state index contributed by atoms with van der Waals surface area (Å²) in [6.45, 7) is 11.0. The molecule has 1 aliphatic carbocycles. The zero-order valence-electron chi connectivity index (χ0n) is 6.39. The quantitative estimate of drug-likeness (QED) is 0.447. The van der Waals surface area contributed by atoms with Gasteiger partial charge in [-0.05, 0) is 24.8 Å². The van der Waals surface area contributed by atoms with Crippen LogP contribution in [0.5, 0.6) is 0 Å². The van der Waals surface area contributed by atoms with Gasteiger partial charge in [-0.3, -0.25) is 0 Å². The van der Waals surface area contributed by atoms with Gasteiger partial charge in [0.2, 0.25) is 0 Å². The molecule has 1 rings (SSSR count). The maximum absolute atomic E-state index is 6.89. The van der Waals surface area contributed by atoms with Crippen molar-refractivity contribution in [3.8, 4) is 0 Å². The minimum Gasteiger partial charge on any atom is -0.242 e. The lowest BCUT2D eigenvalue weighted by Gasteiger charge is -2.12. The van der Waals surface area contributed by atoms with Crippen LogP contribution in [-0.2, 0) is 0 Å². The van der Waals surface area contributed by atoms with Gasteiger partial charge in [-0.25, -0.2) is 4.85 Å². The Labute approximate surface area is 61.9 Å². The molecule has 0 aromatic rings. The van der Waals surface area contributed by atoms with E-state index in [0.29, 0.717) is 5.92 Å². The lowest BCUT2D eigenvalue weighted by molar-refractivity contribution is 0.694. The van der Waals surface area contributed by atoms with Crippen molar-refractivity contribution >= 4 is 0 Å². The van der Waals surface area contributed by atoms with Gasteiger partial charge >= 0.3 is 0 Å². The van der Waals surface area contributed by atoms with E-state index in [-0.39, 0.29) is 0 Å². The summed E-state index contributed by atoms with van der Waals surface area (Å²) in [5.74, 6) is 0.433. The molecule has 0 N–H and O–H groups in total. The summed E-state index contributed by atoms with van der Waals surface area (Å²) in [5, 5.41) is 0. The van der Waals surface area contributed by atoms with Crippen molar-refractivity contribution in [2.75, 3.05) is 0 Å². The van der Waals surface area contributed by atoms with E-state index in [4.69, 9.17) is 6.57 Å². The zero-order valence-corrected chi connectivity index (χ0v) is 6.39. The first-order chi connectivity index (χ1) is 4.75. The molecule has 0 aromatic heterocycles. The summed E-state index contributed by atoms with van der Waals surface area (Å²) in [7, 11) is 0. The van der Waals surface area contributed by atoms with Gasteiger partial charge < -0.3 is 0 Å². The van der Waals surface area contributed by atoms with E-state index in [1.807, 2.05) is 13.0 Å². The maximum atomic E-state index is 6.89. The molecule has 0 saturated carbocycles. The molecule has 52 valence electrons. The largest absolute Gasteiger partial charge is 0.242 e. The summed E-state index contributed by atoms with van der Waals surface area (Å²) < 4.78 is 0. The van der Waals surface area contributed by atoms with Gasteiger partial charge in [0.25, 0.3) is 0 Å². The Bertz CT molecular complexity index is 228. The Morgan fingerprint density at radius 2 is 2.40 bits per heavy atom. The average Bonchev–Trinajstić information content (AvgIpc) is 1.88. The normalized spacial score (nSPS) is 24.7. The summed E-state index contributed by atoms with van der Waals surface area (Å²) in [4.78, 5) is 3.49. The molecule has 0 fully saturated rings. The highest BCUT2D eigenvalue weighted by Gasteiger charge is 2.12. The van der Waals surface area contributed by atoms with Crippen molar-refractivity contribution in [2.45, 2.75) is 20.3 Å². The highest BCUT2D eigenvalue weighted by atomic mass is 14.7. The predicted octanol–water partition coefficient (Wildman–Crippen LogP) is 2.78. The second-order valence-electron chi connectivity index (χ2n) is 2.72. The third-order valence-corrected chi connectivity index (χ3v) is 1.85. The third kappa shape index (κ3) is 1.11. The average molecular weight is 133 g/mol. The van der Waals surface area contributed by atoms with Crippen LogP contribution in [0.3, 0.4) is 0 Å². The van der Waals surface area contributed by atoms with Crippen molar-refractivity contribution in [3.05, 3.63) is 34.8 Å². The highest BCUT2D eigenvalue weighted by molar-refractivity contribution is 5.32. The van der Waals surface area contributed by atoms with Crippen molar-refractivity contribution in [3.63, 3.8) is 0 Å². The van der Waals surface area contributed by atoms with E-state index in [2.05, 4.69) is 17.8 Å². The van der Waals surface area contributed by atoms with Crippen LogP contribution in [0.4, 0.5) is 0 Å². The van der Waals surface area contributed by atoms with Crippen LogP contribution < -0.4 is 0 Å². The van der Waals surface area contributed by atoms with E-state index in [1.54, 1.807) is 0 Å². The fourth-order valence-electron chi connectivity index (χ4n) is 1.23. The number of allylic oxidation sites excluding steroid dienone is 4. The second kappa shape index (κ2) is 2.70. The van der Waals surface area contributed by atoms with Crippen LogP contribution >= 0.6 is 0 Å². The van der Waals surface area contributed by atoms with Crippen LogP contribution in [0.25, 0.3) is 4.85 Å². The second-order valence-corrected chi connectivity index (χ2v) is 2.72. The SMILES string of the molecule is [C-]#[N+]C1=C(C)C=CCC1C. The van der Waals surface area contributed by atoms with Gasteiger partial charge in [0.1, 0.15) is 0 Å². The summed E-state index contributed by atoms with van der Waals surface area (Å²) in [6.07, 6.45) is 5.19. The summed E-state index contributed by atoms with van der Waals surface area (Å²) >= 11 is 0. The van der Waals surface area contributed by atoms with E-state index in [1.165, 1.54) is 0 Å². The smallest absolute Gasteiger partial charge is 0.171 e. The Balaban J connectivity index is 2.97. The molecule has 0 saturated heterocycles. The molecular formula is C9H11N. The molecule has 0 amide bonds. The van der Waals surface area contributed by atoms with Crippen LogP contribution in [-0.4, -0.2) is 0 Å². The molecule has 0 radical (unpaired) electrons. The fourth-order valence-corrected chi connectivity index (χ4v) is 1.23. The third-order valence-electron chi connectivity index (χ3n) is 1.85. The standard InChI is InChI=1S/C9H11N/c1-7-5-4-6-8(2)9(7)10-3/h4-5,8H,6H2,1-2H3. The molecule has 10 heavy (non-hydrogen) atoms. The molecule has 1 atom stereocenters. The molecule has 0 bridgehead atoms. The van der Waals surface area contributed by atoms with Crippen molar-refractivity contribution in [1.82, 2.24) is 0 Å². The summed E-state index contributed by atoms with van der Waals surface area (Å²) in [6, 6.07) is 0. The highest BCUT2D eigenvalue weighted by Crippen LogP contribution is 2.25. The van der Waals surface area contributed by atoms with Gasteiger partial charge in [0.05, 0.1) is 6.57 Å². The maximum Gasteiger partial charge on any atom is 0.171 e. The van der Waals surface area contributed by atoms with Crippen LogP contribution in [0, 0.1) is 12.5 Å². The number of nitrogens with zero attached hydrogens (tertiary/aromatic N) is 1. The number of hydrogen-bond donors (Lipinski definition) is 0. The molecular weight excluding hydrogens is 122 g/mol. The first-order valence-corrected chi connectivity index (χ1v) is 3.50. The number of rotatable bonds is 0. The molecule has 1 heteroatoms. The Morgan fingerprint density at radius 3 is 2.80 bits per heavy atom. The molecule has 0 aliphatic heterocycles. The molecule has 1 nitrogen and oxygen atoms in total. The number of hydrogen-bond acceptors (Lipinski definition) is 0. The molecule has 0 spiro atoms. The Morgan fingerprint density at radius 1 is 1.70 bits per heavy atom. The lowest BCUT2D eigenvalue weighted by Crippen LogP contribution is -2.00. The van der Waals surface area contributed by atoms with Crippen molar-refractivity contribution < 1.29 is 0 Å². The first-order valence-electron chi connectivity index (χ1n) is 3.50. The topological polar surface area (TPSA) is 4.36 Å². The predicted molar refractivity (Wildman–Crippen MR) is 42.2 cm³/mol. The molecule has 0 heterocycles. The molecule has 1 unspecified atom stereocenters. The van der Waals surface area contributed by atoms with Crippen LogP contribution in [0.2, 0.25) is 0 Å². The Hall–Kier alpha value is -1.03. The monoisotopic (exact) mass is 133 g/mol. The van der Waals surface area contributed by atoms with Gasteiger partial charge in [0.15, 0.2) is 5.70 Å². The van der Waals surface area contributed by atoms with Gasteiger partial charge in [-0.2, -0.15) is 0 Å². The van der Waals surface area contributed by atoms with E-state index in [9.17, 15) is 0 Å². The Kier molecular flexibility index (Phi) is 1.91. The van der Waals surface area contributed by atoms with Gasteiger partial charge in [-0.15, -0.1) is 0 Å². The minimum absolute atomic E-state index is 0.433. The van der Waals surface area contributed by atoms with Crippen molar-refractivity contribution in [1.29, 1.82) is 0 Å². The lowest BCUT2D eigenvalue weighted by atomic mass is 9.95. The van der Waals surface area contributed by atoms with E-state index in [0.717, 1.165) is 17.7 Å². The van der Waals surface area contributed by atoms with Crippen LogP contribution in [0.1, 0.15) is 20.3 Å². The van der Waals surface area contributed by atoms with Crippen molar-refractivity contribution in [2.24, 2.45) is 5.92 Å². The molecule has 1 aliphatic rings. The van der Waals surface area contributed by atoms with Gasteiger partial charge in [-0.1, -0.05) is 19.1 Å². The molecule has 0 aromatic carbocycles. The minimum atomic E-state index is 0.433. The fraction of sp³-hybridized carbons (Fsp3) is 0.444.